The fourth-order valence-electron chi connectivity index (χ4n) is 3.56. The van der Waals surface area contributed by atoms with Crippen LogP contribution in [0.25, 0.3) is 0 Å². The van der Waals surface area contributed by atoms with Gasteiger partial charge in [0, 0.05) is 6.54 Å². The molecule has 1 fully saturated rings. The molecule has 0 spiro atoms. The molecule has 9 heteroatoms. The lowest BCUT2D eigenvalue weighted by Crippen LogP contribution is -2.63. The second-order valence-electron chi connectivity index (χ2n) is 7.72. The highest BCUT2D eigenvalue weighted by atomic mass is 16.7. The topological polar surface area (TPSA) is 103 Å². The number of benzene rings is 1. The van der Waals surface area contributed by atoms with Crippen molar-refractivity contribution in [2.75, 3.05) is 33.0 Å². The van der Waals surface area contributed by atoms with Crippen molar-refractivity contribution in [3.8, 4) is 0 Å². The Bertz CT molecular complexity index is 758. The molecule has 1 N–H and O–H groups in total. The first-order valence-electron chi connectivity index (χ1n) is 11.0. The van der Waals surface area contributed by atoms with Gasteiger partial charge in [-0.3, -0.25) is 19.8 Å². The summed E-state index contributed by atoms with van der Waals surface area (Å²) in [7, 11) is 0. The minimum Gasteiger partial charge on any atom is -0.465 e. The summed E-state index contributed by atoms with van der Waals surface area (Å²) in [5.74, 6) is -0.718. The lowest BCUT2D eigenvalue weighted by Gasteiger charge is -2.44. The summed E-state index contributed by atoms with van der Waals surface area (Å²) >= 11 is 0. The third-order valence-electron chi connectivity index (χ3n) is 5.19. The molecule has 0 saturated carbocycles. The number of nitrogens with zero attached hydrogens (tertiary/aromatic N) is 1. The van der Waals surface area contributed by atoms with Crippen LogP contribution in [0.15, 0.2) is 30.3 Å². The van der Waals surface area contributed by atoms with Gasteiger partial charge in [-0.15, -0.1) is 0 Å². The number of hydrogen-bond donors (Lipinski definition) is 1. The molecular weight excluding hydrogens is 416 g/mol. The number of rotatable bonds is 10. The molecule has 0 radical (unpaired) electrons. The highest BCUT2D eigenvalue weighted by Crippen LogP contribution is 2.23. The number of nitrogens with one attached hydrogen (secondary N) is 1. The zero-order valence-electron chi connectivity index (χ0n) is 19.3. The fourth-order valence-corrected chi connectivity index (χ4v) is 3.56. The first-order valence-corrected chi connectivity index (χ1v) is 11.0. The molecule has 1 heterocycles. The maximum absolute atomic E-state index is 13.3. The van der Waals surface area contributed by atoms with E-state index in [-0.39, 0.29) is 32.3 Å². The van der Waals surface area contributed by atoms with Crippen molar-refractivity contribution in [3.05, 3.63) is 35.9 Å². The number of amides is 1. The van der Waals surface area contributed by atoms with E-state index < -0.39 is 29.9 Å². The predicted molar refractivity (Wildman–Crippen MR) is 117 cm³/mol. The Morgan fingerprint density at radius 1 is 1.16 bits per heavy atom. The Hall–Kier alpha value is -2.65. The zero-order chi connectivity index (χ0) is 23.6. The molecule has 0 aliphatic carbocycles. The molecule has 1 aliphatic heterocycles. The third kappa shape index (κ3) is 7.20. The van der Waals surface area contributed by atoms with Crippen molar-refractivity contribution in [1.82, 2.24) is 10.2 Å². The number of carbonyl (C=O) groups excluding carboxylic acids is 3. The van der Waals surface area contributed by atoms with E-state index in [0.717, 1.165) is 5.56 Å². The fraction of sp³-hybridized carbons (Fsp3) is 0.609. The molecule has 1 aromatic carbocycles. The van der Waals surface area contributed by atoms with E-state index in [2.05, 4.69) is 5.32 Å². The first-order chi connectivity index (χ1) is 15.3. The van der Waals surface area contributed by atoms with Gasteiger partial charge >= 0.3 is 12.1 Å². The highest BCUT2D eigenvalue weighted by Gasteiger charge is 2.44. The number of carbonyl (C=O) groups is 3. The Morgan fingerprint density at radius 3 is 2.50 bits per heavy atom. The Kier molecular flexibility index (Phi) is 9.93. The van der Waals surface area contributed by atoms with Crippen LogP contribution in [0.4, 0.5) is 4.79 Å². The zero-order valence-corrected chi connectivity index (χ0v) is 19.3. The molecule has 178 valence electrons. The van der Waals surface area contributed by atoms with Crippen LogP contribution in [0.2, 0.25) is 0 Å². The Balaban J connectivity index is 2.08. The summed E-state index contributed by atoms with van der Waals surface area (Å²) in [6.45, 7) is 7.69. The number of ether oxygens (including phenoxy) is 4. The summed E-state index contributed by atoms with van der Waals surface area (Å²) in [5, 5.41) is 3.11. The maximum atomic E-state index is 13.3. The smallest absolute Gasteiger partial charge is 0.465 e. The van der Waals surface area contributed by atoms with Crippen molar-refractivity contribution in [3.63, 3.8) is 0 Å². The molecule has 0 aromatic heterocycles. The van der Waals surface area contributed by atoms with E-state index in [4.69, 9.17) is 18.9 Å². The van der Waals surface area contributed by atoms with E-state index >= 15 is 0 Å². The quantitative estimate of drug-likeness (QED) is 0.542. The van der Waals surface area contributed by atoms with E-state index in [1.807, 2.05) is 30.3 Å². The van der Waals surface area contributed by atoms with E-state index in [1.165, 1.54) is 4.90 Å². The summed E-state index contributed by atoms with van der Waals surface area (Å²) in [6.07, 6.45) is 0.255. The summed E-state index contributed by atoms with van der Waals surface area (Å²) < 4.78 is 20.9. The van der Waals surface area contributed by atoms with Gasteiger partial charge in [0.15, 0.2) is 0 Å². The Labute approximate surface area is 189 Å². The van der Waals surface area contributed by atoms with Crippen LogP contribution in [0.5, 0.6) is 0 Å². The maximum Gasteiger partial charge on any atom is 0.510 e. The van der Waals surface area contributed by atoms with Crippen LogP contribution in [0.1, 0.15) is 39.7 Å². The third-order valence-corrected chi connectivity index (χ3v) is 5.19. The molecule has 9 nitrogen and oxygen atoms in total. The lowest BCUT2D eigenvalue weighted by atomic mass is 10.0. The summed E-state index contributed by atoms with van der Waals surface area (Å²) in [6, 6.07) is 8.42. The normalized spacial score (nSPS) is 20.2. The molecule has 2 rings (SSSR count). The van der Waals surface area contributed by atoms with Crippen molar-refractivity contribution in [2.24, 2.45) is 0 Å². The molecule has 3 atom stereocenters. The number of hydrogen-bond acceptors (Lipinski definition) is 8. The van der Waals surface area contributed by atoms with Crippen LogP contribution < -0.4 is 5.32 Å². The van der Waals surface area contributed by atoms with Gasteiger partial charge in [0.25, 0.3) is 0 Å². The van der Waals surface area contributed by atoms with Gasteiger partial charge in [-0.1, -0.05) is 30.3 Å². The van der Waals surface area contributed by atoms with Gasteiger partial charge < -0.3 is 18.9 Å². The van der Waals surface area contributed by atoms with Crippen molar-refractivity contribution in [1.29, 1.82) is 0 Å². The van der Waals surface area contributed by atoms with E-state index in [9.17, 15) is 14.4 Å². The standard InChI is InChI=1S/C23H34N2O7/c1-5-30-21(27)19(13-12-18-10-8-7-9-11-18)24-17(3)20(26)25-14-15-29-16-23(25,4)32-22(28)31-6-2/h7-11,17,19,24H,5-6,12-16H2,1-4H3/t17-,19?,23?/m0/s1. The first kappa shape index (κ1) is 25.6. The largest absolute Gasteiger partial charge is 0.510 e. The molecule has 0 bridgehead atoms. The van der Waals surface area contributed by atoms with Gasteiger partial charge in [0.2, 0.25) is 11.6 Å². The van der Waals surface area contributed by atoms with Crippen LogP contribution in [-0.2, 0) is 35.0 Å². The monoisotopic (exact) mass is 450 g/mol. The molecule has 1 aliphatic rings. The number of morpholine rings is 1. The summed E-state index contributed by atoms with van der Waals surface area (Å²) in [5.41, 5.74) is -0.216. The average Bonchev–Trinajstić information content (AvgIpc) is 2.77. The van der Waals surface area contributed by atoms with Gasteiger partial charge in [0.1, 0.15) is 12.6 Å². The molecule has 1 aromatic rings. The SMILES string of the molecule is CCOC(=O)OC1(C)COCCN1C(=O)[C@H](C)NC(CCc1ccccc1)C(=O)OCC. The highest BCUT2D eigenvalue weighted by molar-refractivity contribution is 5.84. The minimum atomic E-state index is -1.30. The Morgan fingerprint density at radius 2 is 1.84 bits per heavy atom. The van der Waals surface area contributed by atoms with Crippen molar-refractivity contribution < 1.29 is 33.3 Å². The van der Waals surface area contributed by atoms with Crippen LogP contribution in [0, 0.1) is 0 Å². The van der Waals surface area contributed by atoms with E-state index in [0.29, 0.717) is 19.4 Å². The van der Waals surface area contributed by atoms with Gasteiger partial charge in [0.05, 0.1) is 25.9 Å². The molecule has 1 amide bonds. The average molecular weight is 451 g/mol. The number of aryl methyl sites for hydroxylation is 1. The van der Waals surface area contributed by atoms with Crippen molar-refractivity contribution in [2.45, 2.75) is 58.3 Å². The molecule has 1 saturated heterocycles. The van der Waals surface area contributed by atoms with Crippen LogP contribution in [-0.4, -0.2) is 73.7 Å². The van der Waals surface area contributed by atoms with Gasteiger partial charge in [-0.05, 0) is 46.1 Å². The second-order valence-corrected chi connectivity index (χ2v) is 7.72. The van der Waals surface area contributed by atoms with Crippen LogP contribution >= 0.6 is 0 Å². The molecular formula is C23H34N2O7. The molecule has 2 unspecified atom stereocenters. The molecule has 32 heavy (non-hydrogen) atoms. The lowest BCUT2D eigenvalue weighted by molar-refractivity contribution is -0.198. The summed E-state index contributed by atoms with van der Waals surface area (Å²) in [4.78, 5) is 39.1. The van der Waals surface area contributed by atoms with Crippen molar-refractivity contribution >= 4 is 18.0 Å². The number of esters is 1. The predicted octanol–water partition coefficient (Wildman–Crippen LogP) is 2.28. The van der Waals surface area contributed by atoms with Gasteiger partial charge in [-0.25, -0.2) is 4.79 Å². The minimum absolute atomic E-state index is 0.0274. The van der Waals surface area contributed by atoms with Gasteiger partial charge in [-0.2, -0.15) is 0 Å². The van der Waals surface area contributed by atoms with Crippen LogP contribution in [0.3, 0.4) is 0 Å². The second kappa shape index (κ2) is 12.4. The van der Waals surface area contributed by atoms with E-state index in [1.54, 1.807) is 27.7 Å².